The van der Waals surface area contributed by atoms with Crippen molar-refractivity contribution in [1.82, 2.24) is 10.6 Å². The first-order chi connectivity index (χ1) is 11.6. The van der Waals surface area contributed by atoms with Gasteiger partial charge in [-0.1, -0.05) is 12.1 Å². The smallest absolute Gasteiger partial charge is 0.251 e. The molecule has 0 unspecified atom stereocenters. The Hall–Kier alpha value is -2.73. The first kappa shape index (κ1) is 17.6. The molecule has 2 aromatic carbocycles. The number of hydrogen-bond acceptors (Lipinski definition) is 3. The van der Waals surface area contributed by atoms with Crippen LogP contribution in [-0.2, 0) is 6.54 Å². The number of carbonyl (C=O) groups excluding carboxylic acids is 2. The molecule has 126 valence electrons. The lowest BCUT2D eigenvalue weighted by Crippen LogP contribution is -2.29. The van der Waals surface area contributed by atoms with E-state index in [0.29, 0.717) is 37.2 Å². The minimum Gasteiger partial charge on any atom is -0.352 e. The lowest BCUT2D eigenvalue weighted by Gasteiger charge is -2.07. The summed E-state index contributed by atoms with van der Waals surface area (Å²) in [5, 5.41) is 5.51. The standard InChI is InChI=1S/C18H20FN3O2/c19-16-8-6-15(7-9-16)18(24)22-11-1-10-21-17(23)14-4-2-13(12-20)3-5-14/h2-9H,1,10-12,20H2,(H,21,23)(H,22,24). The van der Waals surface area contributed by atoms with Gasteiger partial charge in [-0.15, -0.1) is 0 Å². The van der Waals surface area contributed by atoms with Crippen LogP contribution < -0.4 is 16.4 Å². The van der Waals surface area contributed by atoms with Gasteiger partial charge in [-0.05, 0) is 48.4 Å². The molecule has 0 aliphatic rings. The fourth-order valence-corrected chi connectivity index (χ4v) is 2.09. The molecule has 0 aliphatic carbocycles. The second-order valence-corrected chi connectivity index (χ2v) is 5.27. The fourth-order valence-electron chi connectivity index (χ4n) is 2.09. The van der Waals surface area contributed by atoms with Gasteiger partial charge in [0, 0.05) is 30.8 Å². The predicted molar refractivity (Wildman–Crippen MR) is 90.0 cm³/mol. The number of carbonyl (C=O) groups is 2. The zero-order chi connectivity index (χ0) is 17.4. The van der Waals surface area contributed by atoms with E-state index in [-0.39, 0.29) is 17.6 Å². The van der Waals surface area contributed by atoms with Crippen molar-refractivity contribution < 1.29 is 14.0 Å². The minimum atomic E-state index is -0.381. The van der Waals surface area contributed by atoms with Gasteiger partial charge in [0.25, 0.3) is 11.8 Å². The van der Waals surface area contributed by atoms with E-state index in [1.54, 1.807) is 12.1 Å². The summed E-state index contributed by atoms with van der Waals surface area (Å²) < 4.78 is 12.8. The number of benzene rings is 2. The van der Waals surface area contributed by atoms with Gasteiger partial charge in [-0.25, -0.2) is 4.39 Å². The molecule has 0 spiro atoms. The highest BCUT2D eigenvalue weighted by Crippen LogP contribution is 2.04. The first-order valence-corrected chi connectivity index (χ1v) is 7.71. The Morgan fingerprint density at radius 1 is 0.833 bits per heavy atom. The summed E-state index contributed by atoms with van der Waals surface area (Å²) in [6, 6.07) is 12.4. The zero-order valence-electron chi connectivity index (χ0n) is 13.2. The molecule has 0 aliphatic heterocycles. The van der Waals surface area contributed by atoms with Crippen LogP contribution in [0.3, 0.4) is 0 Å². The van der Waals surface area contributed by atoms with Crippen molar-refractivity contribution in [2.45, 2.75) is 13.0 Å². The summed E-state index contributed by atoms with van der Waals surface area (Å²) in [7, 11) is 0. The Morgan fingerprint density at radius 2 is 1.29 bits per heavy atom. The molecule has 2 rings (SSSR count). The molecule has 0 saturated heterocycles. The van der Waals surface area contributed by atoms with Crippen LogP contribution in [0, 0.1) is 5.82 Å². The molecular formula is C18H20FN3O2. The number of nitrogens with two attached hydrogens (primary N) is 1. The molecule has 4 N–H and O–H groups in total. The largest absolute Gasteiger partial charge is 0.352 e. The van der Waals surface area contributed by atoms with Gasteiger partial charge in [0.1, 0.15) is 5.82 Å². The number of rotatable bonds is 7. The second kappa shape index (κ2) is 8.79. The Kier molecular flexibility index (Phi) is 6.45. The van der Waals surface area contributed by atoms with Gasteiger partial charge in [0.15, 0.2) is 0 Å². The Morgan fingerprint density at radius 3 is 1.75 bits per heavy atom. The lowest BCUT2D eigenvalue weighted by molar-refractivity contribution is 0.0951. The summed E-state index contributed by atoms with van der Waals surface area (Å²) in [4.78, 5) is 23.7. The third-order valence-electron chi connectivity index (χ3n) is 3.48. The number of hydrogen-bond donors (Lipinski definition) is 3. The second-order valence-electron chi connectivity index (χ2n) is 5.27. The van der Waals surface area contributed by atoms with Gasteiger partial charge in [0.05, 0.1) is 0 Å². The lowest BCUT2D eigenvalue weighted by atomic mass is 10.1. The monoisotopic (exact) mass is 329 g/mol. The van der Waals surface area contributed by atoms with E-state index >= 15 is 0 Å². The van der Waals surface area contributed by atoms with Crippen molar-refractivity contribution in [3.05, 3.63) is 71.0 Å². The van der Waals surface area contributed by atoms with Gasteiger partial charge >= 0.3 is 0 Å². The van der Waals surface area contributed by atoms with Crippen molar-refractivity contribution >= 4 is 11.8 Å². The molecule has 2 aromatic rings. The van der Waals surface area contributed by atoms with Crippen molar-refractivity contribution in [2.24, 2.45) is 5.73 Å². The summed E-state index contributed by atoms with van der Waals surface area (Å²) in [5.74, 6) is -0.809. The highest BCUT2D eigenvalue weighted by atomic mass is 19.1. The Bertz CT molecular complexity index is 684. The van der Waals surface area contributed by atoms with Crippen LogP contribution in [0.15, 0.2) is 48.5 Å². The molecule has 0 heterocycles. The summed E-state index contributed by atoms with van der Waals surface area (Å²) >= 11 is 0. The molecule has 0 radical (unpaired) electrons. The Labute approximate surface area is 140 Å². The van der Waals surface area contributed by atoms with Crippen LogP contribution >= 0.6 is 0 Å². The van der Waals surface area contributed by atoms with E-state index in [1.807, 2.05) is 12.1 Å². The molecule has 24 heavy (non-hydrogen) atoms. The van der Waals surface area contributed by atoms with Gasteiger partial charge in [-0.2, -0.15) is 0 Å². The molecule has 6 heteroatoms. The average Bonchev–Trinajstić information content (AvgIpc) is 2.61. The van der Waals surface area contributed by atoms with E-state index in [4.69, 9.17) is 5.73 Å². The maximum absolute atomic E-state index is 12.8. The normalized spacial score (nSPS) is 10.2. The molecular weight excluding hydrogens is 309 g/mol. The summed E-state index contributed by atoms with van der Waals surface area (Å²) in [6.07, 6.45) is 0.597. The van der Waals surface area contributed by atoms with E-state index in [0.717, 1.165) is 5.56 Å². The van der Waals surface area contributed by atoms with E-state index in [1.165, 1.54) is 24.3 Å². The predicted octanol–water partition coefficient (Wildman–Crippen LogP) is 1.83. The Balaban J connectivity index is 1.67. The van der Waals surface area contributed by atoms with Crippen LogP contribution in [0.1, 0.15) is 32.7 Å². The molecule has 5 nitrogen and oxygen atoms in total. The van der Waals surface area contributed by atoms with E-state index in [9.17, 15) is 14.0 Å². The van der Waals surface area contributed by atoms with Crippen molar-refractivity contribution in [1.29, 1.82) is 0 Å². The molecule has 2 amide bonds. The number of nitrogens with one attached hydrogen (secondary N) is 2. The van der Waals surface area contributed by atoms with Crippen LogP contribution in [0.4, 0.5) is 4.39 Å². The third-order valence-corrected chi connectivity index (χ3v) is 3.48. The molecule has 0 saturated carbocycles. The molecule has 0 aromatic heterocycles. The average molecular weight is 329 g/mol. The van der Waals surface area contributed by atoms with Crippen LogP contribution in [0.2, 0.25) is 0 Å². The first-order valence-electron chi connectivity index (χ1n) is 7.71. The maximum atomic E-state index is 12.8. The number of halogens is 1. The SMILES string of the molecule is NCc1ccc(C(=O)NCCCNC(=O)c2ccc(F)cc2)cc1. The quantitative estimate of drug-likeness (QED) is 0.678. The van der Waals surface area contributed by atoms with Gasteiger partial charge in [0.2, 0.25) is 0 Å². The fraction of sp³-hybridized carbons (Fsp3) is 0.222. The number of amides is 2. The topological polar surface area (TPSA) is 84.2 Å². The highest BCUT2D eigenvalue weighted by Gasteiger charge is 2.06. The third kappa shape index (κ3) is 5.17. The van der Waals surface area contributed by atoms with Crippen LogP contribution in [-0.4, -0.2) is 24.9 Å². The maximum Gasteiger partial charge on any atom is 0.251 e. The summed E-state index contributed by atoms with van der Waals surface area (Å²) in [6.45, 7) is 1.30. The van der Waals surface area contributed by atoms with Crippen LogP contribution in [0.5, 0.6) is 0 Å². The van der Waals surface area contributed by atoms with Crippen molar-refractivity contribution in [3.8, 4) is 0 Å². The van der Waals surface area contributed by atoms with Gasteiger partial charge < -0.3 is 16.4 Å². The molecule has 0 atom stereocenters. The highest BCUT2D eigenvalue weighted by molar-refractivity contribution is 5.94. The van der Waals surface area contributed by atoms with E-state index in [2.05, 4.69) is 10.6 Å². The zero-order valence-corrected chi connectivity index (χ0v) is 13.2. The van der Waals surface area contributed by atoms with Gasteiger partial charge in [-0.3, -0.25) is 9.59 Å². The van der Waals surface area contributed by atoms with Crippen molar-refractivity contribution in [3.63, 3.8) is 0 Å². The minimum absolute atomic E-state index is 0.163. The van der Waals surface area contributed by atoms with Crippen LogP contribution in [0.25, 0.3) is 0 Å². The molecule has 0 fully saturated rings. The van der Waals surface area contributed by atoms with E-state index < -0.39 is 0 Å². The summed E-state index contributed by atoms with van der Waals surface area (Å²) in [5.41, 5.74) is 7.45. The van der Waals surface area contributed by atoms with Crippen molar-refractivity contribution in [2.75, 3.05) is 13.1 Å². The molecule has 0 bridgehead atoms.